The first kappa shape index (κ1) is 31.5. The van der Waals surface area contributed by atoms with Gasteiger partial charge in [0.05, 0.1) is 11.1 Å². The minimum absolute atomic E-state index is 0.0764. The van der Waals surface area contributed by atoms with E-state index in [2.05, 4.69) is 11.4 Å². The number of hydrogen-bond donors (Lipinski definition) is 4. The number of aliphatic carboxylic acids is 2. The number of carbonyl (C=O) groups is 2. The molecular formula is C26H23Cl2F5N2O5. The quantitative estimate of drug-likeness (QED) is 0.322. The molecule has 0 amide bonds. The summed E-state index contributed by atoms with van der Waals surface area (Å²) < 4.78 is 62.3. The molecule has 1 heterocycles. The van der Waals surface area contributed by atoms with E-state index in [1.165, 1.54) is 30.3 Å². The number of hydrogen-bond acceptors (Lipinski definition) is 5. The fourth-order valence-electron chi connectivity index (χ4n) is 5.47. The summed E-state index contributed by atoms with van der Waals surface area (Å²) in [6.07, 6.45) is -2.58. The summed E-state index contributed by atoms with van der Waals surface area (Å²) >= 11 is 11.9. The fourth-order valence-corrected chi connectivity index (χ4v) is 5.81. The van der Waals surface area contributed by atoms with E-state index in [-0.39, 0.29) is 34.2 Å². The molecule has 0 bridgehead atoms. The lowest BCUT2D eigenvalue weighted by Crippen LogP contribution is -2.48. The van der Waals surface area contributed by atoms with Crippen molar-refractivity contribution in [3.05, 3.63) is 69.2 Å². The van der Waals surface area contributed by atoms with E-state index in [1.807, 2.05) is 0 Å². The molecule has 0 spiro atoms. The number of nitrogens with one attached hydrogen (secondary N) is 1. The summed E-state index contributed by atoms with van der Waals surface area (Å²) in [5, 5.41) is 40.7. The maximum Gasteiger partial charge on any atom is 0.490 e. The number of carboxylic acids is 2. The van der Waals surface area contributed by atoms with Crippen LogP contribution in [0.1, 0.15) is 42.7 Å². The van der Waals surface area contributed by atoms with E-state index in [0.717, 1.165) is 12.5 Å². The van der Waals surface area contributed by atoms with Gasteiger partial charge in [0.15, 0.2) is 0 Å². The largest absolute Gasteiger partial charge is 0.490 e. The summed E-state index contributed by atoms with van der Waals surface area (Å²) in [6, 6.07) is 7.88. The fraction of sp³-hybridized carbons (Fsp3) is 0.423. The third kappa shape index (κ3) is 5.88. The van der Waals surface area contributed by atoms with Gasteiger partial charge < -0.3 is 15.3 Å². The van der Waals surface area contributed by atoms with Crippen LogP contribution in [0.4, 0.5) is 22.0 Å². The SMILES string of the molecule is N#C[C@]1(c2ccc(Cl)cc2F)[C@H](CC2(CO)CCC2)N[C@@H](C(=O)O)[C@@H]1c1cccc(Cl)c1F.O=C(O)C(F)(F)F. The topological polar surface area (TPSA) is 131 Å². The average molecular weight is 609 g/mol. The van der Waals surface area contributed by atoms with Crippen LogP contribution >= 0.6 is 23.2 Å². The van der Waals surface area contributed by atoms with Crippen molar-refractivity contribution >= 4 is 35.1 Å². The minimum Gasteiger partial charge on any atom is -0.480 e. The lowest BCUT2D eigenvalue weighted by molar-refractivity contribution is -0.192. The molecule has 4 rings (SSSR count). The second-order valence-corrected chi connectivity index (χ2v) is 10.6. The zero-order valence-electron chi connectivity index (χ0n) is 20.5. The molecule has 0 unspecified atom stereocenters. The predicted octanol–water partition coefficient (Wildman–Crippen LogP) is 5.43. The number of nitrogens with zero attached hydrogens (tertiary/aromatic N) is 1. The molecule has 1 saturated heterocycles. The summed E-state index contributed by atoms with van der Waals surface area (Å²) in [7, 11) is 0. The molecule has 4 atom stereocenters. The van der Waals surface area contributed by atoms with Crippen LogP contribution in [0.2, 0.25) is 10.0 Å². The molecule has 2 fully saturated rings. The highest BCUT2D eigenvalue weighted by Crippen LogP contribution is 2.55. The molecule has 216 valence electrons. The lowest BCUT2D eigenvalue weighted by atomic mass is 9.59. The Morgan fingerprint density at radius 1 is 1.12 bits per heavy atom. The van der Waals surface area contributed by atoms with Crippen LogP contribution in [-0.4, -0.2) is 52.1 Å². The molecule has 1 aliphatic heterocycles. The monoisotopic (exact) mass is 608 g/mol. The number of carboxylic acid groups (broad SMARTS) is 2. The van der Waals surface area contributed by atoms with Gasteiger partial charge in [-0.1, -0.05) is 47.8 Å². The Morgan fingerprint density at radius 2 is 1.75 bits per heavy atom. The van der Waals surface area contributed by atoms with Crippen molar-refractivity contribution < 1.29 is 46.9 Å². The van der Waals surface area contributed by atoms with Crippen LogP contribution in [-0.2, 0) is 15.0 Å². The number of halogens is 7. The molecule has 14 heteroatoms. The zero-order chi connectivity index (χ0) is 30.0. The summed E-state index contributed by atoms with van der Waals surface area (Å²) in [4.78, 5) is 21.2. The molecule has 7 nitrogen and oxygen atoms in total. The molecule has 2 aliphatic rings. The highest BCUT2D eigenvalue weighted by molar-refractivity contribution is 6.31. The standard InChI is InChI=1S/C24H22Cl2F2N2O3.C2HF3O2/c25-13-5-6-15(17(27)9-13)24(11-29)18(10-23(12-31)7-2-8-23)30-21(22(32)33)19(24)14-3-1-4-16(26)20(14)28;3-2(4,5)1(6)7/h1,3-6,9,18-19,21,30-31H,2,7-8,10,12H2,(H,32,33);(H,6,7)/t18-,19-,21+,24-;/m0./s1. The second-order valence-electron chi connectivity index (χ2n) is 9.78. The predicted molar refractivity (Wildman–Crippen MR) is 133 cm³/mol. The van der Waals surface area contributed by atoms with Gasteiger partial charge in [0.25, 0.3) is 0 Å². The number of benzene rings is 2. The maximum absolute atomic E-state index is 15.3. The summed E-state index contributed by atoms with van der Waals surface area (Å²) in [5.41, 5.74) is -2.49. The van der Waals surface area contributed by atoms with Crippen molar-refractivity contribution in [2.24, 2.45) is 5.41 Å². The molecule has 4 N–H and O–H groups in total. The Labute approximate surface area is 235 Å². The van der Waals surface area contributed by atoms with Crippen LogP contribution in [0.5, 0.6) is 0 Å². The lowest BCUT2D eigenvalue weighted by Gasteiger charge is -2.45. The van der Waals surface area contributed by atoms with Gasteiger partial charge in [0.1, 0.15) is 23.1 Å². The molecule has 2 aromatic rings. The van der Waals surface area contributed by atoms with Crippen molar-refractivity contribution in [1.29, 1.82) is 5.26 Å². The van der Waals surface area contributed by atoms with Crippen LogP contribution in [0, 0.1) is 28.4 Å². The highest BCUT2D eigenvalue weighted by Gasteiger charge is 2.62. The Hall–Kier alpha value is -2.98. The van der Waals surface area contributed by atoms with Crippen molar-refractivity contribution in [1.82, 2.24) is 5.32 Å². The van der Waals surface area contributed by atoms with Crippen LogP contribution in [0.15, 0.2) is 36.4 Å². The Kier molecular flexibility index (Phi) is 9.36. The molecule has 1 aliphatic carbocycles. The van der Waals surface area contributed by atoms with Crippen LogP contribution < -0.4 is 5.32 Å². The first-order chi connectivity index (χ1) is 18.6. The molecule has 2 aromatic carbocycles. The van der Waals surface area contributed by atoms with E-state index < -0.39 is 58.6 Å². The van der Waals surface area contributed by atoms with Crippen molar-refractivity contribution in [3.63, 3.8) is 0 Å². The number of aliphatic hydroxyl groups is 1. The highest BCUT2D eigenvalue weighted by atomic mass is 35.5. The van der Waals surface area contributed by atoms with Crippen LogP contribution in [0.25, 0.3) is 0 Å². The average Bonchev–Trinajstić information content (AvgIpc) is 3.17. The van der Waals surface area contributed by atoms with Crippen molar-refractivity contribution in [2.45, 2.75) is 55.3 Å². The summed E-state index contributed by atoms with van der Waals surface area (Å²) in [5.74, 6) is -7.00. The van der Waals surface area contributed by atoms with Gasteiger partial charge in [0, 0.05) is 29.2 Å². The maximum atomic E-state index is 15.3. The van der Waals surface area contributed by atoms with Crippen molar-refractivity contribution in [2.75, 3.05) is 6.61 Å². The Morgan fingerprint density at radius 3 is 2.20 bits per heavy atom. The van der Waals surface area contributed by atoms with E-state index in [0.29, 0.717) is 12.8 Å². The second kappa shape index (κ2) is 11.9. The molecule has 0 radical (unpaired) electrons. The third-order valence-corrected chi connectivity index (χ3v) is 8.05. The van der Waals surface area contributed by atoms with Gasteiger partial charge >= 0.3 is 18.1 Å². The molecule has 1 saturated carbocycles. The first-order valence-corrected chi connectivity index (χ1v) is 12.6. The Balaban J connectivity index is 0.000000559. The van der Waals surface area contributed by atoms with E-state index in [9.17, 15) is 33.4 Å². The summed E-state index contributed by atoms with van der Waals surface area (Å²) in [6.45, 7) is -0.149. The zero-order valence-corrected chi connectivity index (χ0v) is 22.0. The number of aliphatic hydroxyl groups excluding tert-OH is 1. The number of nitriles is 1. The van der Waals surface area contributed by atoms with Gasteiger partial charge in [-0.3, -0.25) is 10.1 Å². The third-order valence-electron chi connectivity index (χ3n) is 7.53. The number of alkyl halides is 3. The van der Waals surface area contributed by atoms with Crippen LogP contribution in [0.3, 0.4) is 0 Å². The number of rotatable bonds is 6. The van der Waals surface area contributed by atoms with E-state index >= 15 is 8.78 Å². The van der Waals surface area contributed by atoms with E-state index in [4.69, 9.17) is 33.1 Å². The normalized spacial score (nSPS) is 25.2. The molecular weight excluding hydrogens is 586 g/mol. The van der Waals surface area contributed by atoms with E-state index in [1.54, 1.807) is 0 Å². The van der Waals surface area contributed by atoms with Crippen molar-refractivity contribution in [3.8, 4) is 6.07 Å². The van der Waals surface area contributed by atoms with Gasteiger partial charge in [-0.05, 0) is 48.4 Å². The van der Waals surface area contributed by atoms with Gasteiger partial charge in [-0.25, -0.2) is 13.6 Å². The van der Waals surface area contributed by atoms with Gasteiger partial charge in [-0.15, -0.1) is 0 Å². The first-order valence-electron chi connectivity index (χ1n) is 11.8. The van der Waals surface area contributed by atoms with Gasteiger partial charge in [-0.2, -0.15) is 18.4 Å². The van der Waals surface area contributed by atoms with Gasteiger partial charge in [0.2, 0.25) is 0 Å². The Bertz CT molecular complexity index is 1330. The molecule has 40 heavy (non-hydrogen) atoms. The minimum atomic E-state index is -5.08. The molecule has 0 aromatic heterocycles. The smallest absolute Gasteiger partial charge is 0.480 e.